The van der Waals surface area contributed by atoms with Gasteiger partial charge in [-0.3, -0.25) is 4.79 Å². The summed E-state index contributed by atoms with van der Waals surface area (Å²) in [7, 11) is -3.48. The molecule has 1 N–H and O–H groups in total. The Balaban J connectivity index is 1.90. The molecule has 0 spiro atoms. The van der Waals surface area contributed by atoms with Crippen LogP contribution in [-0.4, -0.2) is 38.3 Å². The highest BCUT2D eigenvalue weighted by Gasteiger charge is 2.32. The van der Waals surface area contributed by atoms with Crippen LogP contribution >= 0.6 is 22.9 Å². The quantitative estimate of drug-likeness (QED) is 0.789. The maximum atomic E-state index is 12.5. The van der Waals surface area contributed by atoms with Crippen molar-refractivity contribution in [1.82, 2.24) is 9.62 Å². The van der Waals surface area contributed by atoms with E-state index in [-0.39, 0.29) is 16.0 Å². The number of sulfonamides is 1. The molecule has 1 aliphatic rings. The fourth-order valence-electron chi connectivity index (χ4n) is 2.45. The van der Waals surface area contributed by atoms with Crippen LogP contribution in [0.4, 0.5) is 0 Å². The van der Waals surface area contributed by atoms with E-state index in [1.54, 1.807) is 6.07 Å². The minimum Gasteiger partial charge on any atom is -0.356 e. The van der Waals surface area contributed by atoms with Gasteiger partial charge in [0, 0.05) is 25.6 Å². The average Bonchev–Trinajstić information content (AvgIpc) is 2.95. The minimum absolute atomic E-state index is 0.0460. The smallest absolute Gasteiger partial charge is 0.252 e. The number of hydrogen-bond acceptors (Lipinski definition) is 4. The van der Waals surface area contributed by atoms with Crippen molar-refractivity contribution >= 4 is 38.9 Å². The second-order valence-corrected chi connectivity index (χ2v) is 9.26. The predicted molar refractivity (Wildman–Crippen MR) is 88.7 cm³/mol. The van der Waals surface area contributed by atoms with E-state index in [1.165, 1.54) is 10.4 Å². The lowest BCUT2D eigenvalue weighted by atomic mass is 9.97. The Bertz CT molecular complexity index is 607. The molecule has 1 amide bonds. The molecule has 1 fully saturated rings. The zero-order chi connectivity index (χ0) is 16.2. The van der Waals surface area contributed by atoms with Crippen molar-refractivity contribution in [3.8, 4) is 0 Å². The number of piperidine rings is 1. The lowest BCUT2D eigenvalue weighted by Gasteiger charge is -2.30. The van der Waals surface area contributed by atoms with E-state index in [9.17, 15) is 13.2 Å². The van der Waals surface area contributed by atoms with Gasteiger partial charge in [-0.25, -0.2) is 8.42 Å². The molecular formula is C14H21ClN2O3S2. The van der Waals surface area contributed by atoms with Crippen LogP contribution in [0.15, 0.2) is 16.3 Å². The van der Waals surface area contributed by atoms with Crippen LogP contribution in [0.3, 0.4) is 0 Å². The molecule has 0 unspecified atom stereocenters. The van der Waals surface area contributed by atoms with Crippen molar-refractivity contribution in [3.05, 3.63) is 16.5 Å². The number of rotatable bonds is 6. The SMILES string of the molecule is CCCCNC(=O)C1CCN(S(=O)(=O)c2ccc(Cl)s2)CC1. The van der Waals surface area contributed by atoms with Gasteiger partial charge in [-0.1, -0.05) is 24.9 Å². The molecule has 124 valence electrons. The first kappa shape index (κ1) is 17.7. The average molecular weight is 365 g/mol. The van der Waals surface area contributed by atoms with Gasteiger partial charge in [0.1, 0.15) is 4.21 Å². The molecule has 0 radical (unpaired) electrons. The topological polar surface area (TPSA) is 66.5 Å². The Hall–Kier alpha value is -0.630. The van der Waals surface area contributed by atoms with Gasteiger partial charge in [-0.15, -0.1) is 11.3 Å². The van der Waals surface area contributed by atoms with Crippen LogP contribution in [0.1, 0.15) is 32.6 Å². The highest BCUT2D eigenvalue weighted by atomic mass is 35.5. The minimum atomic E-state index is -3.48. The third-order valence-electron chi connectivity index (χ3n) is 3.80. The monoisotopic (exact) mass is 364 g/mol. The van der Waals surface area contributed by atoms with Crippen LogP contribution in [0, 0.1) is 5.92 Å². The van der Waals surface area contributed by atoms with Crippen molar-refractivity contribution in [1.29, 1.82) is 0 Å². The number of hydrogen-bond donors (Lipinski definition) is 1. The molecule has 22 heavy (non-hydrogen) atoms. The summed E-state index contributed by atoms with van der Waals surface area (Å²) in [5.74, 6) is -0.0418. The van der Waals surface area contributed by atoms with E-state index < -0.39 is 10.0 Å². The van der Waals surface area contributed by atoms with Gasteiger partial charge in [0.15, 0.2) is 0 Å². The summed E-state index contributed by atoms with van der Waals surface area (Å²) in [6.45, 7) is 3.53. The van der Waals surface area contributed by atoms with E-state index in [0.717, 1.165) is 24.2 Å². The summed E-state index contributed by atoms with van der Waals surface area (Å²) >= 11 is 6.88. The number of amides is 1. The van der Waals surface area contributed by atoms with E-state index in [1.807, 2.05) is 0 Å². The maximum Gasteiger partial charge on any atom is 0.252 e. The second-order valence-electron chi connectivity index (χ2n) is 5.38. The molecule has 5 nitrogen and oxygen atoms in total. The Kier molecular flexibility index (Phi) is 6.26. The third-order valence-corrected chi connectivity index (χ3v) is 7.39. The zero-order valence-electron chi connectivity index (χ0n) is 12.5. The summed E-state index contributed by atoms with van der Waals surface area (Å²) in [5, 5.41) is 2.92. The Morgan fingerprint density at radius 3 is 2.64 bits per heavy atom. The normalized spacial score (nSPS) is 17.5. The van der Waals surface area contributed by atoms with E-state index >= 15 is 0 Å². The largest absolute Gasteiger partial charge is 0.356 e. The first-order valence-electron chi connectivity index (χ1n) is 7.48. The molecule has 0 bridgehead atoms. The van der Waals surface area contributed by atoms with Gasteiger partial charge in [0.2, 0.25) is 5.91 Å². The number of halogens is 1. The molecule has 1 aromatic rings. The summed E-state index contributed by atoms with van der Waals surface area (Å²) in [6.07, 6.45) is 3.14. The summed E-state index contributed by atoms with van der Waals surface area (Å²) in [5.41, 5.74) is 0. The van der Waals surface area contributed by atoms with Crippen molar-refractivity contribution in [2.45, 2.75) is 36.8 Å². The van der Waals surface area contributed by atoms with Gasteiger partial charge in [0.05, 0.1) is 4.34 Å². The molecule has 0 aromatic carbocycles. The van der Waals surface area contributed by atoms with E-state index in [4.69, 9.17) is 11.6 Å². The summed E-state index contributed by atoms with van der Waals surface area (Å²) in [6, 6.07) is 3.12. The lowest BCUT2D eigenvalue weighted by Crippen LogP contribution is -2.42. The number of nitrogens with one attached hydrogen (secondary N) is 1. The number of thiophene rings is 1. The first-order chi connectivity index (χ1) is 10.4. The molecule has 0 saturated carbocycles. The lowest BCUT2D eigenvalue weighted by molar-refractivity contribution is -0.126. The fourth-order valence-corrected chi connectivity index (χ4v) is 5.56. The Morgan fingerprint density at radius 2 is 2.09 bits per heavy atom. The molecule has 1 aromatic heterocycles. The highest BCUT2D eigenvalue weighted by molar-refractivity contribution is 7.91. The first-order valence-corrected chi connectivity index (χ1v) is 10.1. The highest BCUT2D eigenvalue weighted by Crippen LogP contribution is 2.30. The number of carbonyl (C=O) groups is 1. The van der Waals surface area contributed by atoms with Crippen molar-refractivity contribution in [2.75, 3.05) is 19.6 Å². The molecule has 0 aliphatic carbocycles. The van der Waals surface area contributed by atoms with Crippen LogP contribution in [0.5, 0.6) is 0 Å². The molecule has 0 atom stereocenters. The number of unbranched alkanes of at least 4 members (excludes halogenated alkanes) is 1. The molecule has 1 aliphatic heterocycles. The van der Waals surface area contributed by atoms with Crippen molar-refractivity contribution in [3.63, 3.8) is 0 Å². The number of nitrogens with zero attached hydrogens (tertiary/aromatic N) is 1. The van der Waals surface area contributed by atoms with Gasteiger partial charge < -0.3 is 5.32 Å². The molecular weight excluding hydrogens is 344 g/mol. The van der Waals surface area contributed by atoms with Crippen molar-refractivity contribution in [2.24, 2.45) is 5.92 Å². The van der Waals surface area contributed by atoms with Crippen LogP contribution in [0.2, 0.25) is 4.34 Å². The Morgan fingerprint density at radius 1 is 1.41 bits per heavy atom. The Labute approximate surface area is 140 Å². The predicted octanol–water partition coefficient (Wildman–Crippen LogP) is 2.72. The summed E-state index contributed by atoms with van der Waals surface area (Å²) in [4.78, 5) is 12.0. The zero-order valence-corrected chi connectivity index (χ0v) is 14.9. The van der Waals surface area contributed by atoms with Gasteiger partial charge in [0.25, 0.3) is 10.0 Å². The summed E-state index contributed by atoms with van der Waals surface area (Å²) < 4.78 is 27.1. The maximum absolute atomic E-state index is 12.5. The molecule has 2 rings (SSSR count). The van der Waals surface area contributed by atoms with Crippen molar-refractivity contribution < 1.29 is 13.2 Å². The molecule has 2 heterocycles. The molecule has 1 saturated heterocycles. The number of carbonyl (C=O) groups excluding carboxylic acids is 1. The van der Waals surface area contributed by atoms with Crippen LogP contribution < -0.4 is 5.32 Å². The van der Waals surface area contributed by atoms with Gasteiger partial charge in [-0.2, -0.15) is 4.31 Å². The molecule has 8 heteroatoms. The van der Waals surface area contributed by atoms with E-state index in [2.05, 4.69) is 12.2 Å². The van der Waals surface area contributed by atoms with Crippen LogP contribution in [0.25, 0.3) is 0 Å². The second kappa shape index (κ2) is 7.77. The fraction of sp³-hybridized carbons (Fsp3) is 0.643. The van der Waals surface area contributed by atoms with Gasteiger partial charge in [-0.05, 0) is 31.4 Å². The van der Waals surface area contributed by atoms with Crippen LogP contribution in [-0.2, 0) is 14.8 Å². The standard InChI is InChI=1S/C14H21ClN2O3S2/c1-2-3-8-16-14(18)11-6-9-17(10-7-11)22(19,20)13-5-4-12(15)21-13/h4-5,11H,2-3,6-10H2,1H3,(H,16,18). The van der Waals surface area contributed by atoms with E-state index in [0.29, 0.717) is 36.8 Å². The van der Waals surface area contributed by atoms with Gasteiger partial charge >= 0.3 is 0 Å². The third kappa shape index (κ3) is 4.22.